The summed E-state index contributed by atoms with van der Waals surface area (Å²) < 4.78 is 0. The molecule has 0 fully saturated rings. The van der Waals surface area contributed by atoms with Crippen LogP contribution in [0, 0.1) is 0 Å². The van der Waals surface area contributed by atoms with E-state index in [9.17, 15) is 9.59 Å². The topological polar surface area (TPSA) is 113 Å². The Morgan fingerprint density at radius 1 is 1.42 bits per heavy atom. The van der Waals surface area contributed by atoms with Gasteiger partial charge in [0.15, 0.2) is 0 Å². The SMILES string of the molecule is CC(N)CNC(C(=O)O)C(=O)O. The minimum Gasteiger partial charge on any atom is -0.480 e. The summed E-state index contributed by atoms with van der Waals surface area (Å²) in [6.07, 6.45) is 0. The molecule has 0 rings (SSSR count). The average Bonchev–Trinajstić information content (AvgIpc) is 1.84. The van der Waals surface area contributed by atoms with Gasteiger partial charge in [-0.1, -0.05) is 0 Å². The first kappa shape index (κ1) is 10.9. The second-order valence-electron chi connectivity index (χ2n) is 2.50. The van der Waals surface area contributed by atoms with E-state index in [1.54, 1.807) is 6.92 Å². The summed E-state index contributed by atoms with van der Waals surface area (Å²) in [5.74, 6) is -2.83. The lowest BCUT2D eigenvalue weighted by atomic mass is 10.2. The van der Waals surface area contributed by atoms with Crippen LogP contribution in [0.25, 0.3) is 0 Å². The Morgan fingerprint density at radius 2 is 1.83 bits per heavy atom. The van der Waals surface area contributed by atoms with E-state index < -0.39 is 18.0 Å². The molecule has 0 aliphatic rings. The van der Waals surface area contributed by atoms with Crippen molar-refractivity contribution in [2.24, 2.45) is 5.73 Å². The maximum Gasteiger partial charge on any atom is 0.332 e. The minimum absolute atomic E-state index is 0.156. The van der Waals surface area contributed by atoms with Gasteiger partial charge in [0.25, 0.3) is 0 Å². The molecule has 0 aromatic heterocycles. The van der Waals surface area contributed by atoms with Crippen molar-refractivity contribution in [3.63, 3.8) is 0 Å². The van der Waals surface area contributed by atoms with Gasteiger partial charge in [0.1, 0.15) is 0 Å². The van der Waals surface area contributed by atoms with Crippen molar-refractivity contribution in [1.82, 2.24) is 5.32 Å². The maximum absolute atomic E-state index is 10.3. The summed E-state index contributed by atoms with van der Waals surface area (Å²) >= 11 is 0. The Balaban J connectivity index is 3.97. The molecule has 0 saturated heterocycles. The van der Waals surface area contributed by atoms with Gasteiger partial charge in [-0.2, -0.15) is 0 Å². The number of aliphatic carboxylic acids is 2. The van der Waals surface area contributed by atoms with Crippen molar-refractivity contribution >= 4 is 11.9 Å². The molecule has 0 aromatic rings. The summed E-state index contributed by atoms with van der Waals surface area (Å²) in [5.41, 5.74) is 5.29. The van der Waals surface area contributed by atoms with E-state index in [4.69, 9.17) is 15.9 Å². The number of nitrogens with two attached hydrogens (primary N) is 1. The van der Waals surface area contributed by atoms with E-state index in [2.05, 4.69) is 5.32 Å². The maximum atomic E-state index is 10.3. The lowest BCUT2D eigenvalue weighted by molar-refractivity contribution is -0.151. The van der Waals surface area contributed by atoms with E-state index in [-0.39, 0.29) is 12.6 Å². The smallest absolute Gasteiger partial charge is 0.332 e. The Labute approximate surface area is 69.4 Å². The van der Waals surface area contributed by atoms with Crippen LogP contribution in [0.5, 0.6) is 0 Å². The third kappa shape index (κ3) is 3.89. The van der Waals surface area contributed by atoms with E-state index in [0.717, 1.165) is 0 Å². The van der Waals surface area contributed by atoms with Crippen molar-refractivity contribution < 1.29 is 19.8 Å². The molecule has 6 nitrogen and oxygen atoms in total. The highest BCUT2D eigenvalue weighted by Gasteiger charge is 2.24. The van der Waals surface area contributed by atoms with Crippen molar-refractivity contribution in [2.75, 3.05) is 6.54 Å². The van der Waals surface area contributed by atoms with Gasteiger partial charge in [-0.3, -0.25) is 5.32 Å². The van der Waals surface area contributed by atoms with Crippen molar-refractivity contribution in [3.05, 3.63) is 0 Å². The van der Waals surface area contributed by atoms with Crippen molar-refractivity contribution in [2.45, 2.75) is 19.0 Å². The van der Waals surface area contributed by atoms with Crippen molar-refractivity contribution in [3.8, 4) is 0 Å². The fraction of sp³-hybridized carbons (Fsp3) is 0.667. The minimum atomic E-state index is -1.57. The molecule has 0 saturated carbocycles. The molecule has 0 aliphatic heterocycles. The average molecular weight is 176 g/mol. The first-order valence-corrected chi connectivity index (χ1v) is 3.39. The second-order valence-corrected chi connectivity index (χ2v) is 2.50. The molecule has 1 unspecified atom stereocenters. The molecule has 0 amide bonds. The predicted molar refractivity (Wildman–Crippen MR) is 40.7 cm³/mol. The molecule has 1 atom stereocenters. The number of hydrogen-bond acceptors (Lipinski definition) is 4. The predicted octanol–water partition coefficient (Wildman–Crippen LogP) is -1.54. The van der Waals surface area contributed by atoms with Crippen molar-refractivity contribution in [1.29, 1.82) is 0 Å². The number of hydrogen-bond donors (Lipinski definition) is 4. The Bertz CT molecular complexity index is 166. The monoisotopic (exact) mass is 176 g/mol. The Morgan fingerprint density at radius 3 is 2.08 bits per heavy atom. The van der Waals surface area contributed by atoms with Gasteiger partial charge < -0.3 is 15.9 Å². The molecule has 70 valence electrons. The third-order valence-electron chi connectivity index (χ3n) is 1.14. The van der Waals surface area contributed by atoms with Crippen LogP contribution in [-0.4, -0.2) is 40.8 Å². The molecule has 0 aromatic carbocycles. The first-order chi connectivity index (χ1) is 5.45. The highest BCUT2D eigenvalue weighted by Crippen LogP contribution is 1.84. The van der Waals surface area contributed by atoms with Crippen LogP contribution in [0.15, 0.2) is 0 Å². The lowest BCUT2D eigenvalue weighted by Gasteiger charge is -2.11. The van der Waals surface area contributed by atoms with Crippen LogP contribution < -0.4 is 11.1 Å². The van der Waals surface area contributed by atoms with Gasteiger partial charge in [-0.15, -0.1) is 0 Å². The highest BCUT2D eigenvalue weighted by molar-refractivity contribution is 5.97. The summed E-state index contributed by atoms with van der Waals surface area (Å²) in [6, 6.07) is -1.85. The summed E-state index contributed by atoms with van der Waals surface area (Å²) in [6.45, 7) is 1.80. The molecule has 0 bridgehead atoms. The van der Waals surface area contributed by atoms with Crippen LogP contribution in [-0.2, 0) is 9.59 Å². The zero-order valence-corrected chi connectivity index (χ0v) is 6.65. The second kappa shape index (κ2) is 4.68. The van der Waals surface area contributed by atoms with Crippen LogP contribution >= 0.6 is 0 Å². The number of carbonyl (C=O) groups is 2. The van der Waals surface area contributed by atoms with E-state index in [0.29, 0.717) is 0 Å². The molecule has 12 heavy (non-hydrogen) atoms. The van der Waals surface area contributed by atoms with Gasteiger partial charge in [0.05, 0.1) is 0 Å². The fourth-order valence-electron chi connectivity index (χ4n) is 0.584. The third-order valence-corrected chi connectivity index (χ3v) is 1.14. The Hall–Kier alpha value is -1.14. The van der Waals surface area contributed by atoms with Crippen LogP contribution in [0.1, 0.15) is 6.92 Å². The zero-order valence-electron chi connectivity index (χ0n) is 6.65. The van der Waals surface area contributed by atoms with E-state index in [1.807, 2.05) is 0 Å². The van der Waals surface area contributed by atoms with Gasteiger partial charge in [-0.25, -0.2) is 9.59 Å². The molecule has 0 radical (unpaired) electrons. The zero-order chi connectivity index (χ0) is 9.72. The molecule has 0 spiro atoms. The molecule has 6 heteroatoms. The first-order valence-electron chi connectivity index (χ1n) is 3.39. The molecular weight excluding hydrogens is 164 g/mol. The summed E-state index contributed by atoms with van der Waals surface area (Å²) in [5, 5.41) is 19.0. The Kier molecular flexibility index (Phi) is 4.24. The number of carboxylic acids is 2. The van der Waals surface area contributed by atoms with Crippen LogP contribution in [0.2, 0.25) is 0 Å². The van der Waals surface area contributed by atoms with E-state index in [1.165, 1.54) is 0 Å². The standard InChI is InChI=1S/C6H12N2O4/c1-3(7)2-8-4(5(9)10)6(11)12/h3-4,8H,2,7H2,1H3,(H,9,10)(H,11,12). The number of nitrogens with one attached hydrogen (secondary N) is 1. The van der Waals surface area contributed by atoms with Crippen LogP contribution in [0.4, 0.5) is 0 Å². The van der Waals surface area contributed by atoms with Gasteiger partial charge in [0, 0.05) is 12.6 Å². The lowest BCUT2D eigenvalue weighted by Crippen LogP contribution is -2.47. The molecule has 0 heterocycles. The largest absolute Gasteiger partial charge is 0.480 e. The number of carboxylic acid groups (broad SMARTS) is 2. The molecular formula is C6H12N2O4. The summed E-state index contributed by atoms with van der Waals surface area (Å²) in [7, 11) is 0. The fourth-order valence-corrected chi connectivity index (χ4v) is 0.584. The molecule has 0 aliphatic carbocycles. The van der Waals surface area contributed by atoms with Gasteiger partial charge in [0.2, 0.25) is 6.04 Å². The highest BCUT2D eigenvalue weighted by atomic mass is 16.4. The quantitative estimate of drug-likeness (QED) is 0.378. The van der Waals surface area contributed by atoms with Gasteiger partial charge in [-0.05, 0) is 6.92 Å². The molecule has 5 N–H and O–H groups in total. The normalized spacial score (nSPS) is 12.9. The number of rotatable bonds is 5. The van der Waals surface area contributed by atoms with E-state index >= 15 is 0 Å². The van der Waals surface area contributed by atoms with Gasteiger partial charge >= 0.3 is 11.9 Å². The summed E-state index contributed by atoms with van der Waals surface area (Å²) in [4.78, 5) is 20.5. The van der Waals surface area contributed by atoms with Crippen LogP contribution in [0.3, 0.4) is 0 Å².